The highest BCUT2D eigenvalue weighted by Gasteiger charge is 2.12. The Morgan fingerprint density at radius 2 is 1.86 bits per heavy atom. The van der Waals surface area contributed by atoms with E-state index in [9.17, 15) is 8.42 Å². The van der Waals surface area contributed by atoms with Gasteiger partial charge in [0.2, 0.25) is 10.0 Å². The zero-order valence-electron chi connectivity index (χ0n) is 11.4. The van der Waals surface area contributed by atoms with Crippen molar-refractivity contribution in [3.63, 3.8) is 0 Å². The van der Waals surface area contributed by atoms with Crippen LogP contribution in [0, 0.1) is 0 Å². The van der Waals surface area contributed by atoms with E-state index in [0.717, 1.165) is 11.0 Å². The first-order valence-electron chi connectivity index (χ1n) is 6.33. The summed E-state index contributed by atoms with van der Waals surface area (Å²) in [6.45, 7) is 1.77. The van der Waals surface area contributed by atoms with Crippen molar-refractivity contribution in [3.8, 4) is 0 Å². The molecule has 0 saturated heterocycles. The number of halogens is 1. The molecular formula is C15H15ClN2O2S. The number of nitrogens with zero attached hydrogens (tertiary/aromatic N) is 1. The van der Waals surface area contributed by atoms with E-state index < -0.39 is 10.0 Å². The Kier molecular flexibility index (Phi) is 5.12. The molecule has 21 heavy (non-hydrogen) atoms. The molecule has 0 fully saturated rings. The molecule has 0 saturated carbocycles. The van der Waals surface area contributed by atoms with Crippen molar-refractivity contribution in [1.29, 1.82) is 0 Å². The van der Waals surface area contributed by atoms with Gasteiger partial charge in [0.15, 0.2) is 0 Å². The first-order chi connectivity index (χ1) is 9.98. The second-order valence-corrected chi connectivity index (χ2v) is 6.49. The van der Waals surface area contributed by atoms with Crippen molar-refractivity contribution < 1.29 is 8.42 Å². The zero-order valence-corrected chi connectivity index (χ0v) is 13.0. The van der Waals surface area contributed by atoms with Crippen LogP contribution in [0.3, 0.4) is 0 Å². The maximum atomic E-state index is 12.0. The van der Waals surface area contributed by atoms with Gasteiger partial charge in [0.25, 0.3) is 0 Å². The first kappa shape index (κ1) is 15.7. The SMILES string of the molecule is C[C@H](NS(=O)(=O)/C=C/c1ccccc1Cl)c1ccncc1. The molecule has 0 radical (unpaired) electrons. The second-order valence-electron chi connectivity index (χ2n) is 4.49. The smallest absolute Gasteiger partial charge is 0.234 e. The molecule has 0 spiro atoms. The van der Waals surface area contributed by atoms with E-state index in [1.54, 1.807) is 55.7 Å². The molecule has 1 atom stereocenters. The Hall–Kier alpha value is -1.69. The zero-order chi connectivity index (χ0) is 15.3. The molecule has 1 heterocycles. The van der Waals surface area contributed by atoms with Gasteiger partial charge in [0.05, 0.1) is 0 Å². The molecule has 4 nitrogen and oxygen atoms in total. The molecule has 0 unspecified atom stereocenters. The van der Waals surface area contributed by atoms with Gasteiger partial charge in [-0.2, -0.15) is 0 Å². The highest BCUT2D eigenvalue weighted by molar-refractivity contribution is 7.92. The molecule has 1 aromatic carbocycles. The molecule has 6 heteroatoms. The van der Waals surface area contributed by atoms with Gasteiger partial charge in [-0.15, -0.1) is 0 Å². The number of hydrogen-bond donors (Lipinski definition) is 1. The van der Waals surface area contributed by atoms with Crippen LogP contribution >= 0.6 is 11.6 Å². The van der Waals surface area contributed by atoms with Crippen molar-refractivity contribution in [2.24, 2.45) is 0 Å². The van der Waals surface area contributed by atoms with Crippen LogP contribution in [-0.2, 0) is 10.0 Å². The molecule has 0 bridgehead atoms. The van der Waals surface area contributed by atoms with Crippen LogP contribution in [0.5, 0.6) is 0 Å². The topological polar surface area (TPSA) is 59.1 Å². The minimum absolute atomic E-state index is 0.339. The van der Waals surface area contributed by atoms with E-state index in [-0.39, 0.29) is 6.04 Å². The fraction of sp³-hybridized carbons (Fsp3) is 0.133. The molecule has 0 amide bonds. The first-order valence-corrected chi connectivity index (χ1v) is 8.25. The molecule has 0 aliphatic heterocycles. The van der Waals surface area contributed by atoms with Crippen molar-refractivity contribution in [2.75, 3.05) is 0 Å². The molecular weight excluding hydrogens is 308 g/mol. The highest BCUT2D eigenvalue weighted by atomic mass is 35.5. The minimum Gasteiger partial charge on any atom is -0.265 e. The van der Waals surface area contributed by atoms with Gasteiger partial charge in [-0.05, 0) is 42.3 Å². The molecule has 2 rings (SSSR count). The van der Waals surface area contributed by atoms with E-state index >= 15 is 0 Å². The standard InChI is InChI=1S/C15H15ClN2O2S/c1-12(13-6-9-17-10-7-13)18-21(19,20)11-8-14-4-2-3-5-15(14)16/h2-12,18H,1H3/b11-8+/t12-/m0/s1. The summed E-state index contributed by atoms with van der Waals surface area (Å²) in [6.07, 6.45) is 4.73. The predicted octanol–water partition coefficient (Wildman–Crippen LogP) is 3.39. The van der Waals surface area contributed by atoms with Crippen molar-refractivity contribution >= 4 is 27.7 Å². The molecule has 1 N–H and O–H groups in total. The summed E-state index contributed by atoms with van der Waals surface area (Å²) in [5.41, 5.74) is 1.50. The number of rotatable bonds is 5. The predicted molar refractivity (Wildman–Crippen MR) is 85.2 cm³/mol. The molecule has 0 aliphatic carbocycles. The van der Waals surface area contributed by atoms with Gasteiger partial charge in [-0.3, -0.25) is 4.98 Å². The summed E-state index contributed by atoms with van der Waals surface area (Å²) < 4.78 is 26.7. The van der Waals surface area contributed by atoms with Crippen LogP contribution in [0.1, 0.15) is 24.1 Å². The van der Waals surface area contributed by atoms with Gasteiger partial charge in [-0.25, -0.2) is 13.1 Å². The maximum absolute atomic E-state index is 12.0. The van der Waals surface area contributed by atoms with E-state index in [4.69, 9.17) is 11.6 Å². The largest absolute Gasteiger partial charge is 0.265 e. The van der Waals surface area contributed by atoms with E-state index in [0.29, 0.717) is 10.6 Å². The lowest BCUT2D eigenvalue weighted by atomic mass is 10.1. The molecule has 110 valence electrons. The lowest BCUT2D eigenvalue weighted by molar-refractivity contribution is 0.576. The fourth-order valence-electron chi connectivity index (χ4n) is 1.78. The number of hydrogen-bond acceptors (Lipinski definition) is 3. The summed E-state index contributed by atoms with van der Waals surface area (Å²) in [6, 6.07) is 10.2. The van der Waals surface area contributed by atoms with Gasteiger partial charge in [-0.1, -0.05) is 29.8 Å². The second kappa shape index (κ2) is 6.85. The summed E-state index contributed by atoms with van der Waals surface area (Å²) in [5.74, 6) is 0. The van der Waals surface area contributed by atoms with Gasteiger partial charge < -0.3 is 0 Å². The van der Waals surface area contributed by atoms with Crippen molar-refractivity contribution in [1.82, 2.24) is 9.71 Å². The Balaban J connectivity index is 2.11. The maximum Gasteiger partial charge on any atom is 0.234 e. The normalized spacial score (nSPS) is 13.4. The Labute approximate surface area is 129 Å². The number of aromatic nitrogens is 1. The third-order valence-corrected chi connectivity index (χ3v) is 4.40. The fourth-order valence-corrected chi connectivity index (χ4v) is 3.01. The summed E-state index contributed by atoms with van der Waals surface area (Å²) in [4.78, 5) is 3.90. The quantitative estimate of drug-likeness (QED) is 0.918. The van der Waals surface area contributed by atoms with Crippen molar-refractivity contribution in [2.45, 2.75) is 13.0 Å². The van der Waals surface area contributed by atoms with Gasteiger partial charge in [0.1, 0.15) is 0 Å². The average Bonchev–Trinajstić information content (AvgIpc) is 2.47. The third-order valence-electron chi connectivity index (χ3n) is 2.88. The van der Waals surface area contributed by atoms with E-state index in [1.807, 2.05) is 0 Å². The number of pyridine rings is 1. The summed E-state index contributed by atoms with van der Waals surface area (Å²) in [7, 11) is -3.55. The van der Waals surface area contributed by atoms with Crippen LogP contribution in [0.15, 0.2) is 54.2 Å². The minimum atomic E-state index is -3.55. The van der Waals surface area contributed by atoms with Crippen LogP contribution in [0.25, 0.3) is 6.08 Å². The monoisotopic (exact) mass is 322 g/mol. The Morgan fingerprint density at radius 1 is 1.19 bits per heavy atom. The lowest BCUT2D eigenvalue weighted by Gasteiger charge is -2.12. The van der Waals surface area contributed by atoms with Gasteiger partial charge >= 0.3 is 0 Å². The lowest BCUT2D eigenvalue weighted by Crippen LogP contribution is -2.24. The van der Waals surface area contributed by atoms with Gasteiger partial charge in [0, 0.05) is 28.9 Å². The highest BCUT2D eigenvalue weighted by Crippen LogP contribution is 2.17. The number of sulfonamides is 1. The van der Waals surface area contributed by atoms with E-state index in [2.05, 4.69) is 9.71 Å². The van der Waals surface area contributed by atoms with Crippen molar-refractivity contribution in [3.05, 3.63) is 70.3 Å². The number of benzene rings is 1. The molecule has 0 aliphatic rings. The van der Waals surface area contributed by atoms with Crippen LogP contribution < -0.4 is 4.72 Å². The molecule has 2 aromatic rings. The summed E-state index contributed by atoms with van der Waals surface area (Å²) >= 11 is 5.98. The Morgan fingerprint density at radius 3 is 2.52 bits per heavy atom. The number of nitrogens with one attached hydrogen (secondary N) is 1. The Bertz CT molecular complexity index is 730. The van der Waals surface area contributed by atoms with Crippen LogP contribution in [0.4, 0.5) is 0 Å². The third kappa shape index (κ3) is 4.67. The van der Waals surface area contributed by atoms with E-state index in [1.165, 1.54) is 6.08 Å². The average molecular weight is 323 g/mol. The van der Waals surface area contributed by atoms with Crippen LogP contribution in [0.2, 0.25) is 5.02 Å². The van der Waals surface area contributed by atoms with Crippen LogP contribution in [-0.4, -0.2) is 13.4 Å². The summed E-state index contributed by atoms with van der Waals surface area (Å²) in [5, 5.41) is 1.62. The molecule has 1 aromatic heterocycles.